The number of hydrogen-bond acceptors (Lipinski definition) is 4. The molecule has 0 aromatic heterocycles. The molecule has 1 fully saturated rings. The zero-order valence-corrected chi connectivity index (χ0v) is 18.0. The van der Waals surface area contributed by atoms with Gasteiger partial charge in [0.05, 0.1) is 5.25 Å². The fourth-order valence-corrected chi connectivity index (χ4v) is 4.63. The Morgan fingerprint density at radius 1 is 1.24 bits per heavy atom. The number of amides is 2. The minimum absolute atomic E-state index is 0.105. The molecule has 1 saturated heterocycles. The van der Waals surface area contributed by atoms with Crippen LogP contribution in [0.25, 0.3) is 0 Å². The number of thioether (sulfide) groups is 1. The van der Waals surface area contributed by atoms with Gasteiger partial charge in [-0.25, -0.2) is 0 Å². The summed E-state index contributed by atoms with van der Waals surface area (Å²) < 4.78 is 0. The molecule has 2 amide bonds. The average molecular weight is 446 g/mol. The van der Waals surface area contributed by atoms with E-state index in [0.29, 0.717) is 27.2 Å². The number of rotatable bonds is 4. The fourth-order valence-electron chi connectivity index (χ4n) is 2.94. The predicted octanol–water partition coefficient (Wildman–Crippen LogP) is 4.47. The number of benzene rings is 2. The molecule has 0 saturated carbocycles. The summed E-state index contributed by atoms with van der Waals surface area (Å²) in [7, 11) is 1.45. The first kappa shape index (κ1) is 21.3. The summed E-state index contributed by atoms with van der Waals surface area (Å²) in [6.45, 7) is 1.94. The van der Waals surface area contributed by atoms with Gasteiger partial charge in [-0.2, -0.15) is 5.26 Å². The monoisotopic (exact) mass is 445 g/mol. The number of likely N-dealkylation sites (N-methyl/N-ethyl adjacent to an activating group) is 1. The van der Waals surface area contributed by atoms with Gasteiger partial charge in [0.2, 0.25) is 5.91 Å². The Labute approximate surface area is 183 Å². The maximum atomic E-state index is 13.3. The lowest BCUT2D eigenvalue weighted by atomic mass is 10.1. The van der Waals surface area contributed by atoms with Crippen molar-refractivity contribution >= 4 is 52.5 Å². The maximum Gasteiger partial charge on any atom is 0.264 e. The molecule has 3 rings (SSSR count). The number of carbonyl (C=O) groups is 2. The molecule has 1 atom stereocenters. The number of nitriles is 1. The van der Waals surface area contributed by atoms with Crippen molar-refractivity contribution in [2.75, 3.05) is 11.9 Å². The first-order chi connectivity index (χ1) is 13.8. The van der Waals surface area contributed by atoms with Crippen LogP contribution in [0.4, 0.5) is 5.69 Å². The van der Waals surface area contributed by atoms with E-state index in [1.165, 1.54) is 23.7 Å². The van der Waals surface area contributed by atoms with Crippen molar-refractivity contribution in [1.29, 1.82) is 5.26 Å². The Kier molecular flexibility index (Phi) is 6.53. The number of nitrogens with one attached hydrogen (secondary N) is 1. The second kappa shape index (κ2) is 8.91. The summed E-state index contributed by atoms with van der Waals surface area (Å²) in [5.74, 6) is -0.761. The van der Waals surface area contributed by atoms with E-state index >= 15 is 0 Å². The van der Waals surface area contributed by atoms with Crippen molar-refractivity contribution in [2.45, 2.75) is 18.6 Å². The van der Waals surface area contributed by atoms with Crippen LogP contribution in [0.1, 0.15) is 11.1 Å². The fraction of sp³-hybridized carbons (Fsp3) is 0.190. The maximum absolute atomic E-state index is 13.3. The van der Waals surface area contributed by atoms with E-state index in [4.69, 9.17) is 23.2 Å². The van der Waals surface area contributed by atoms with Crippen LogP contribution in [0.15, 0.2) is 53.1 Å². The molecule has 148 valence electrons. The van der Waals surface area contributed by atoms with Gasteiger partial charge in [0.1, 0.15) is 16.7 Å². The van der Waals surface area contributed by atoms with Crippen molar-refractivity contribution < 1.29 is 9.59 Å². The number of halogens is 2. The SMILES string of the molecule is CNC(=O)C(C#N)=C1SC(Cc2cc(Cl)ccc2Cl)C(=O)N1c1ccc(C)cc1. The van der Waals surface area contributed by atoms with Gasteiger partial charge in [-0.15, -0.1) is 0 Å². The van der Waals surface area contributed by atoms with Crippen molar-refractivity contribution in [3.8, 4) is 6.07 Å². The van der Waals surface area contributed by atoms with Gasteiger partial charge in [0.15, 0.2) is 0 Å². The van der Waals surface area contributed by atoms with Gasteiger partial charge in [0.25, 0.3) is 5.91 Å². The van der Waals surface area contributed by atoms with Crippen LogP contribution in [0.3, 0.4) is 0 Å². The van der Waals surface area contributed by atoms with Crippen molar-refractivity contribution in [3.63, 3.8) is 0 Å². The van der Waals surface area contributed by atoms with E-state index < -0.39 is 11.2 Å². The second-order valence-corrected chi connectivity index (χ2v) is 8.46. The summed E-state index contributed by atoms with van der Waals surface area (Å²) in [5.41, 5.74) is 2.26. The van der Waals surface area contributed by atoms with Crippen LogP contribution in [0.5, 0.6) is 0 Å². The van der Waals surface area contributed by atoms with Crippen LogP contribution >= 0.6 is 35.0 Å². The molecule has 2 aromatic carbocycles. The van der Waals surface area contributed by atoms with Gasteiger partial charge < -0.3 is 5.32 Å². The molecule has 1 heterocycles. The highest BCUT2D eigenvalue weighted by Gasteiger charge is 2.40. The summed E-state index contributed by atoms with van der Waals surface area (Å²) in [4.78, 5) is 27.0. The first-order valence-electron chi connectivity index (χ1n) is 8.73. The lowest BCUT2D eigenvalue weighted by Crippen LogP contribution is -2.31. The van der Waals surface area contributed by atoms with Crippen LogP contribution in [-0.2, 0) is 16.0 Å². The number of anilines is 1. The number of nitrogens with zero attached hydrogens (tertiary/aromatic N) is 2. The largest absolute Gasteiger partial charge is 0.354 e. The minimum Gasteiger partial charge on any atom is -0.354 e. The Morgan fingerprint density at radius 2 is 1.93 bits per heavy atom. The summed E-state index contributed by atoms with van der Waals surface area (Å²) >= 11 is 13.5. The normalized spacial score (nSPS) is 17.8. The lowest BCUT2D eigenvalue weighted by molar-refractivity contribution is -0.117. The van der Waals surface area contributed by atoms with E-state index in [0.717, 1.165) is 11.1 Å². The van der Waals surface area contributed by atoms with Gasteiger partial charge >= 0.3 is 0 Å². The molecule has 1 aliphatic rings. The highest BCUT2D eigenvalue weighted by atomic mass is 35.5. The number of hydrogen-bond donors (Lipinski definition) is 1. The van der Waals surface area contributed by atoms with E-state index in [1.54, 1.807) is 30.3 Å². The molecule has 1 aliphatic heterocycles. The minimum atomic E-state index is -0.546. The molecule has 8 heteroatoms. The average Bonchev–Trinajstić information content (AvgIpc) is 3.01. The Balaban J connectivity index is 2.06. The summed E-state index contributed by atoms with van der Waals surface area (Å²) in [6.07, 6.45) is 0.321. The zero-order valence-electron chi connectivity index (χ0n) is 15.7. The molecule has 1 unspecified atom stereocenters. The topological polar surface area (TPSA) is 73.2 Å². The smallest absolute Gasteiger partial charge is 0.264 e. The molecular weight excluding hydrogens is 429 g/mol. The number of aryl methyl sites for hydroxylation is 1. The third kappa shape index (κ3) is 4.43. The Morgan fingerprint density at radius 3 is 2.55 bits per heavy atom. The van der Waals surface area contributed by atoms with Crippen molar-refractivity contribution in [2.24, 2.45) is 0 Å². The zero-order chi connectivity index (χ0) is 21.1. The van der Waals surface area contributed by atoms with E-state index in [-0.39, 0.29) is 11.5 Å². The van der Waals surface area contributed by atoms with Crippen LogP contribution in [0.2, 0.25) is 10.0 Å². The molecule has 2 aromatic rings. The summed E-state index contributed by atoms with van der Waals surface area (Å²) in [6, 6.07) is 14.4. The molecule has 29 heavy (non-hydrogen) atoms. The standard InChI is InChI=1S/C21H17Cl2N3O2S/c1-12-3-6-15(7-4-12)26-20(28)18(10-13-9-14(22)5-8-17(13)23)29-21(26)16(11-24)19(27)25-2/h3-9,18H,10H2,1-2H3,(H,25,27). The van der Waals surface area contributed by atoms with Gasteiger partial charge in [-0.1, -0.05) is 52.7 Å². The number of carbonyl (C=O) groups excluding carboxylic acids is 2. The van der Waals surface area contributed by atoms with Gasteiger partial charge in [0, 0.05) is 22.8 Å². The van der Waals surface area contributed by atoms with Crippen molar-refractivity contribution in [1.82, 2.24) is 5.32 Å². The van der Waals surface area contributed by atoms with Crippen LogP contribution < -0.4 is 10.2 Å². The third-order valence-electron chi connectivity index (χ3n) is 4.44. The van der Waals surface area contributed by atoms with Crippen LogP contribution in [-0.4, -0.2) is 24.1 Å². The first-order valence-corrected chi connectivity index (χ1v) is 10.4. The Bertz CT molecular complexity index is 1040. The highest BCUT2D eigenvalue weighted by molar-refractivity contribution is 8.05. The van der Waals surface area contributed by atoms with E-state index in [2.05, 4.69) is 5.32 Å². The molecule has 0 radical (unpaired) electrons. The molecule has 5 nitrogen and oxygen atoms in total. The molecule has 0 aliphatic carbocycles. The molecule has 1 N–H and O–H groups in total. The van der Waals surface area contributed by atoms with E-state index in [1.807, 2.05) is 25.1 Å². The van der Waals surface area contributed by atoms with Gasteiger partial charge in [-0.05, 0) is 49.2 Å². The molecule has 0 bridgehead atoms. The van der Waals surface area contributed by atoms with Crippen LogP contribution in [0, 0.1) is 18.3 Å². The lowest BCUT2D eigenvalue weighted by Gasteiger charge is -2.18. The molecule has 0 spiro atoms. The summed E-state index contributed by atoms with van der Waals surface area (Å²) in [5, 5.41) is 12.8. The van der Waals surface area contributed by atoms with Gasteiger partial charge in [-0.3, -0.25) is 14.5 Å². The van der Waals surface area contributed by atoms with Crippen molar-refractivity contribution in [3.05, 3.63) is 74.2 Å². The second-order valence-electron chi connectivity index (χ2n) is 6.43. The predicted molar refractivity (Wildman–Crippen MR) is 117 cm³/mol. The third-order valence-corrected chi connectivity index (χ3v) is 6.30. The molecular formula is C21H17Cl2N3O2S. The quantitative estimate of drug-likeness (QED) is 0.556. The Hall–Kier alpha value is -2.46. The highest BCUT2D eigenvalue weighted by Crippen LogP contribution is 2.42. The van der Waals surface area contributed by atoms with E-state index in [9.17, 15) is 14.9 Å².